The SMILES string of the molecule is CC(C)CNC(=O)CCNC(=O)c1cc(Br)cn1C1CC1. The molecule has 0 saturated heterocycles. The van der Waals surface area contributed by atoms with E-state index in [4.69, 9.17) is 0 Å². The van der Waals surface area contributed by atoms with Crippen LogP contribution in [0.15, 0.2) is 16.7 Å². The number of nitrogens with zero attached hydrogens (tertiary/aromatic N) is 1. The van der Waals surface area contributed by atoms with Crippen LogP contribution >= 0.6 is 15.9 Å². The Kier molecular flexibility index (Phi) is 5.45. The third-order valence-corrected chi connectivity index (χ3v) is 3.77. The van der Waals surface area contributed by atoms with Crippen LogP contribution in [0.2, 0.25) is 0 Å². The fourth-order valence-electron chi connectivity index (χ4n) is 2.07. The molecule has 2 amide bonds. The topological polar surface area (TPSA) is 63.1 Å². The molecule has 0 aromatic carbocycles. The molecule has 0 radical (unpaired) electrons. The molecule has 1 aromatic rings. The van der Waals surface area contributed by atoms with Crippen LogP contribution in [0.1, 0.15) is 49.6 Å². The Morgan fingerprint density at radius 2 is 2.10 bits per heavy atom. The highest BCUT2D eigenvalue weighted by Crippen LogP contribution is 2.37. The zero-order valence-corrected chi connectivity index (χ0v) is 14.1. The van der Waals surface area contributed by atoms with Crippen LogP contribution in [0.4, 0.5) is 0 Å². The smallest absolute Gasteiger partial charge is 0.267 e. The monoisotopic (exact) mass is 355 g/mol. The Hall–Kier alpha value is -1.30. The Balaban J connectivity index is 1.78. The van der Waals surface area contributed by atoms with E-state index < -0.39 is 0 Å². The van der Waals surface area contributed by atoms with Crippen molar-refractivity contribution in [3.05, 3.63) is 22.4 Å². The lowest BCUT2D eigenvalue weighted by Gasteiger charge is -2.10. The molecule has 1 aromatic heterocycles. The van der Waals surface area contributed by atoms with Gasteiger partial charge in [0.15, 0.2) is 0 Å². The van der Waals surface area contributed by atoms with E-state index in [0.717, 1.165) is 17.3 Å². The van der Waals surface area contributed by atoms with Crippen LogP contribution in [0, 0.1) is 5.92 Å². The van der Waals surface area contributed by atoms with Gasteiger partial charge in [0.25, 0.3) is 5.91 Å². The van der Waals surface area contributed by atoms with Gasteiger partial charge in [-0.25, -0.2) is 0 Å². The molecule has 0 aliphatic heterocycles. The zero-order valence-electron chi connectivity index (χ0n) is 12.5. The number of nitrogens with one attached hydrogen (secondary N) is 2. The number of halogens is 1. The van der Waals surface area contributed by atoms with Gasteiger partial charge in [0.1, 0.15) is 5.69 Å². The van der Waals surface area contributed by atoms with Crippen molar-refractivity contribution in [1.29, 1.82) is 0 Å². The van der Waals surface area contributed by atoms with E-state index in [-0.39, 0.29) is 11.8 Å². The minimum absolute atomic E-state index is 0.0252. The van der Waals surface area contributed by atoms with E-state index in [0.29, 0.717) is 37.2 Å². The molecule has 0 atom stereocenters. The number of hydrogen-bond acceptors (Lipinski definition) is 2. The lowest BCUT2D eigenvalue weighted by atomic mass is 10.2. The molecule has 1 saturated carbocycles. The maximum absolute atomic E-state index is 12.2. The molecule has 2 rings (SSSR count). The minimum atomic E-state index is -0.121. The number of carbonyl (C=O) groups is 2. The second-order valence-electron chi connectivity index (χ2n) is 5.89. The summed E-state index contributed by atoms with van der Waals surface area (Å²) in [6.07, 6.45) is 4.50. The number of carbonyl (C=O) groups excluding carboxylic acids is 2. The summed E-state index contributed by atoms with van der Waals surface area (Å²) in [5.41, 5.74) is 0.659. The summed E-state index contributed by atoms with van der Waals surface area (Å²) >= 11 is 3.41. The number of hydrogen-bond donors (Lipinski definition) is 2. The summed E-state index contributed by atoms with van der Waals surface area (Å²) in [7, 11) is 0. The highest BCUT2D eigenvalue weighted by molar-refractivity contribution is 9.10. The van der Waals surface area contributed by atoms with Gasteiger partial charge < -0.3 is 15.2 Å². The predicted octanol–water partition coefficient (Wildman–Crippen LogP) is 2.48. The largest absolute Gasteiger partial charge is 0.356 e. The summed E-state index contributed by atoms with van der Waals surface area (Å²) in [4.78, 5) is 23.8. The van der Waals surface area contributed by atoms with E-state index in [1.807, 2.05) is 30.7 Å². The van der Waals surface area contributed by atoms with Crippen LogP contribution < -0.4 is 10.6 Å². The molecular formula is C15H22BrN3O2. The average Bonchev–Trinajstić information content (AvgIpc) is 3.19. The van der Waals surface area contributed by atoms with Crippen LogP contribution in [0.25, 0.3) is 0 Å². The first-order valence-corrected chi connectivity index (χ1v) is 8.19. The van der Waals surface area contributed by atoms with Crippen molar-refractivity contribution in [3.8, 4) is 0 Å². The number of aromatic nitrogens is 1. The molecule has 1 heterocycles. The average molecular weight is 356 g/mol. The number of rotatable bonds is 7. The van der Waals surface area contributed by atoms with Crippen molar-refractivity contribution in [3.63, 3.8) is 0 Å². The molecule has 5 nitrogen and oxygen atoms in total. The lowest BCUT2D eigenvalue weighted by Crippen LogP contribution is -2.33. The van der Waals surface area contributed by atoms with Crippen LogP contribution in [-0.2, 0) is 4.79 Å². The minimum Gasteiger partial charge on any atom is -0.356 e. The van der Waals surface area contributed by atoms with Crippen LogP contribution in [0.5, 0.6) is 0 Å². The first-order valence-electron chi connectivity index (χ1n) is 7.39. The fourth-order valence-corrected chi connectivity index (χ4v) is 2.51. The van der Waals surface area contributed by atoms with E-state index in [1.165, 1.54) is 0 Å². The zero-order chi connectivity index (χ0) is 15.4. The first kappa shape index (κ1) is 16.1. The summed E-state index contributed by atoms with van der Waals surface area (Å²) in [6, 6.07) is 2.28. The van der Waals surface area contributed by atoms with Crippen molar-refractivity contribution in [2.75, 3.05) is 13.1 Å². The van der Waals surface area contributed by atoms with Gasteiger partial charge in [-0.1, -0.05) is 13.8 Å². The van der Waals surface area contributed by atoms with Gasteiger partial charge in [-0.2, -0.15) is 0 Å². The third kappa shape index (κ3) is 4.88. The van der Waals surface area contributed by atoms with Crippen LogP contribution in [-0.4, -0.2) is 29.5 Å². The standard InChI is InChI=1S/C15H22BrN3O2/c1-10(2)8-18-14(20)5-6-17-15(21)13-7-11(16)9-19(13)12-3-4-12/h7,9-10,12H,3-6,8H2,1-2H3,(H,17,21)(H,18,20). The lowest BCUT2D eigenvalue weighted by molar-refractivity contribution is -0.121. The van der Waals surface area contributed by atoms with Crippen molar-refractivity contribution >= 4 is 27.7 Å². The Labute approximate surface area is 133 Å². The van der Waals surface area contributed by atoms with Gasteiger partial charge >= 0.3 is 0 Å². The van der Waals surface area contributed by atoms with E-state index >= 15 is 0 Å². The normalized spacial score (nSPS) is 14.3. The highest BCUT2D eigenvalue weighted by Gasteiger charge is 2.27. The molecule has 2 N–H and O–H groups in total. The maximum Gasteiger partial charge on any atom is 0.267 e. The molecule has 21 heavy (non-hydrogen) atoms. The molecular weight excluding hydrogens is 334 g/mol. The Morgan fingerprint density at radius 1 is 1.38 bits per heavy atom. The third-order valence-electron chi connectivity index (χ3n) is 3.33. The van der Waals surface area contributed by atoms with Crippen molar-refractivity contribution < 1.29 is 9.59 Å². The van der Waals surface area contributed by atoms with Gasteiger partial charge in [-0.3, -0.25) is 9.59 Å². The summed E-state index contributed by atoms with van der Waals surface area (Å²) < 4.78 is 2.92. The second-order valence-corrected chi connectivity index (χ2v) is 6.80. The van der Waals surface area contributed by atoms with Crippen molar-refractivity contribution in [2.45, 2.75) is 39.2 Å². The fraction of sp³-hybridized carbons (Fsp3) is 0.600. The van der Waals surface area contributed by atoms with Crippen LogP contribution in [0.3, 0.4) is 0 Å². The molecule has 0 spiro atoms. The molecule has 1 aliphatic rings. The van der Waals surface area contributed by atoms with Gasteiger partial charge in [0.05, 0.1) is 0 Å². The summed E-state index contributed by atoms with van der Waals surface area (Å²) in [5, 5.41) is 5.65. The number of amides is 2. The van der Waals surface area contributed by atoms with Gasteiger partial charge in [0, 0.05) is 36.2 Å². The summed E-state index contributed by atoms with van der Waals surface area (Å²) in [5.74, 6) is 0.287. The molecule has 1 fully saturated rings. The van der Waals surface area contributed by atoms with Crippen molar-refractivity contribution in [1.82, 2.24) is 15.2 Å². The van der Waals surface area contributed by atoms with Gasteiger partial charge in [0.2, 0.25) is 5.91 Å². The first-order chi connectivity index (χ1) is 9.97. The maximum atomic E-state index is 12.2. The van der Waals surface area contributed by atoms with Gasteiger partial charge in [-0.05, 0) is 40.8 Å². The van der Waals surface area contributed by atoms with E-state index in [9.17, 15) is 9.59 Å². The highest BCUT2D eigenvalue weighted by atomic mass is 79.9. The molecule has 6 heteroatoms. The molecule has 1 aliphatic carbocycles. The predicted molar refractivity (Wildman–Crippen MR) is 85.2 cm³/mol. The van der Waals surface area contributed by atoms with Gasteiger partial charge in [-0.15, -0.1) is 0 Å². The van der Waals surface area contributed by atoms with E-state index in [1.54, 1.807) is 0 Å². The molecule has 0 bridgehead atoms. The Morgan fingerprint density at radius 3 is 2.71 bits per heavy atom. The van der Waals surface area contributed by atoms with E-state index in [2.05, 4.69) is 26.6 Å². The summed E-state index contributed by atoms with van der Waals surface area (Å²) in [6.45, 7) is 5.12. The second kappa shape index (κ2) is 7.11. The van der Waals surface area contributed by atoms with Crippen molar-refractivity contribution in [2.24, 2.45) is 5.92 Å². The Bertz CT molecular complexity index is 521. The molecule has 116 valence electrons. The molecule has 0 unspecified atom stereocenters. The quantitative estimate of drug-likeness (QED) is 0.789.